The number of benzene rings is 1. The topological polar surface area (TPSA) is 64.7 Å². The highest BCUT2D eigenvalue weighted by molar-refractivity contribution is 5.86. The number of morpholine rings is 1. The second-order valence-corrected chi connectivity index (χ2v) is 7.45. The van der Waals surface area contributed by atoms with Crippen molar-refractivity contribution in [3.8, 4) is 0 Å². The molecule has 0 bridgehead atoms. The maximum absolute atomic E-state index is 5.54. The zero-order chi connectivity index (χ0) is 19.2. The molecule has 2 heterocycles. The largest absolute Gasteiger partial charge is 0.379 e. The van der Waals surface area contributed by atoms with Gasteiger partial charge in [0.05, 0.1) is 13.2 Å². The molecule has 3 rings (SSSR count). The lowest BCUT2D eigenvalue weighted by atomic mass is 10.1. The first-order valence-corrected chi connectivity index (χ1v) is 9.93. The molecule has 148 valence electrons. The number of nitrogens with zero attached hydrogens (tertiary/aromatic N) is 2. The number of hydrogen-bond donors (Lipinski definition) is 3. The summed E-state index contributed by atoms with van der Waals surface area (Å²) in [6.07, 6.45) is 3.08. The molecule has 1 aromatic carbocycles. The molecule has 0 radical (unpaired) electrons. The third kappa shape index (κ3) is 4.82. The number of aromatic nitrogens is 1. The quantitative estimate of drug-likeness (QED) is 0.538. The van der Waals surface area contributed by atoms with Crippen LogP contribution in [0.1, 0.15) is 25.0 Å². The smallest absolute Gasteiger partial charge is 0.191 e. The van der Waals surface area contributed by atoms with Crippen LogP contribution in [0, 0.1) is 6.92 Å². The number of nitrogens with one attached hydrogen (secondary N) is 3. The van der Waals surface area contributed by atoms with Crippen molar-refractivity contribution in [2.45, 2.75) is 39.3 Å². The number of ether oxygens (including phenoxy) is 1. The zero-order valence-corrected chi connectivity index (χ0v) is 17.0. The lowest BCUT2D eigenvalue weighted by molar-refractivity contribution is -0.0174. The number of hydrogen-bond acceptors (Lipinski definition) is 3. The predicted molar refractivity (Wildman–Crippen MR) is 113 cm³/mol. The molecule has 6 heteroatoms. The fourth-order valence-corrected chi connectivity index (χ4v) is 3.94. The normalized spacial score (nSPS) is 20.0. The summed E-state index contributed by atoms with van der Waals surface area (Å²) in [5, 5.41) is 8.25. The number of guanidine groups is 1. The van der Waals surface area contributed by atoms with E-state index in [0.29, 0.717) is 12.1 Å². The highest BCUT2D eigenvalue weighted by atomic mass is 16.5. The zero-order valence-electron chi connectivity index (χ0n) is 17.0. The predicted octanol–water partition coefficient (Wildman–Crippen LogP) is 2.29. The van der Waals surface area contributed by atoms with Gasteiger partial charge in [-0.05, 0) is 44.4 Å². The minimum atomic E-state index is 0.443. The number of aryl methyl sites for hydroxylation is 1. The van der Waals surface area contributed by atoms with Gasteiger partial charge in [-0.25, -0.2) is 0 Å². The van der Waals surface area contributed by atoms with Crippen molar-refractivity contribution >= 4 is 16.9 Å². The summed E-state index contributed by atoms with van der Waals surface area (Å²) >= 11 is 0. The van der Waals surface area contributed by atoms with E-state index in [2.05, 4.69) is 70.7 Å². The van der Waals surface area contributed by atoms with Gasteiger partial charge < -0.3 is 20.4 Å². The minimum Gasteiger partial charge on any atom is -0.379 e. The SMILES string of the molecule is CN=C(NCCc1c[nH]c2cccc(C)c12)NCC(C)N1CCOCC1C. The van der Waals surface area contributed by atoms with Crippen molar-refractivity contribution in [3.05, 3.63) is 35.5 Å². The molecule has 1 aromatic heterocycles. The molecule has 1 aliphatic rings. The summed E-state index contributed by atoms with van der Waals surface area (Å²) in [6, 6.07) is 7.31. The highest BCUT2D eigenvalue weighted by Crippen LogP contribution is 2.22. The van der Waals surface area contributed by atoms with Crippen LogP contribution in [-0.2, 0) is 11.2 Å². The van der Waals surface area contributed by atoms with E-state index >= 15 is 0 Å². The van der Waals surface area contributed by atoms with Crippen LogP contribution in [0.3, 0.4) is 0 Å². The second kappa shape index (κ2) is 9.24. The van der Waals surface area contributed by atoms with Gasteiger partial charge in [-0.2, -0.15) is 0 Å². The molecule has 0 saturated carbocycles. The third-order valence-corrected chi connectivity index (χ3v) is 5.46. The van der Waals surface area contributed by atoms with Gasteiger partial charge in [-0.1, -0.05) is 12.1 Å². The Bertz CT molecular complexity index is 769. The monoisotopic (exact) mass is 371 g/mol. The van der Waals surface area contributed by atoms with Gasteiger partial charge in [0.25, 0.3) is 0 Å². The number of rotatable bonds is 6. The van der Waals surface area contributed by atoms with Crippen LogP contribution in [0.2, 0.25) is 0 Å². The standard InChI is InChI=1S/C21H33N5O/c1-15-6-5-7-19-20(15)18(13-24-19)8-9-23-21(22-4)25-12-16(2)26-10-11-27-14-17(26)3/h5-7,13,16-17,24H,8-12,14H2,1-4H3,(H2,22,23,25). The fraction of sp³-hybridized carbons (Fsp3) is 0.571. The molecule has 1 saturated heterocycles. The first-order chi connectivity index (χ1) is 13.1. The highest BCUT2D eigenvalue weighted by Gasteiger charge is 2.23. The van der Waals surface area contributed by atoms with E-state index in [4.69, 9.17) is 4.74 Å². The van der Waals surface area contributed by atoms with Gasteiger partial charge >= 0.3 is 0 Å². The van der Waals surface area contributed by atoms with Crippen LogP contribution in [0.25, 0.3) is 10.9 Å². The van der Waals surface area contributed by atoms with E-state index in [1.165, 1.54) is 22.0 Å². The Morgan fingerprint density at radius 2 is 2.26 bits per heavy atom. The summed E-state index contributed by atoms with van der Waals surface area (Å²) in [4.78, 5) is 10.2. The Balaban J connectivity index is 1.48. The molecule has 6 nitrogen and oxygen atoms in total. The van der Waals surface area contributed by atoms with E-state index in [1.807, 2.05) is 7.05 Å². The van der Waals surface area contributed by atoms with Crippen LogP contribution in [-0.4, -0.2) is 67.8 Å². The van der Waals surface area contributed by atoms with Crippen LogP contribution < -0.4 is 10.6 Å². The summed E-state index contributed by atoms with van der Waals surface area (Å²) in [6.45, 7) is 11.0. The van der Waals surface area contributed by atoms with Crippen molar-refractivity contribution in [1.29, 1.82) is 0 Å². The van der Waals surface area contributed by atoms with E-state index in [0.717, 1.165) is 45.2 Å². The van der Waals surface area contributed by atoms with Gasteiger partial charge in [-0.3, -0.25) is 9.89 Å². The number of fused-ring (bicyclic) bond motifs is 1. The Hall–Kier alpha value is -2.05. The molecule has 1 fully saturated rings. The van der Waals surface area contributed by atoms with Crippen LogP contribution in [0.15, 0.2) is 29.4 Å². The lowest BCUT2D eigenvalue weighted by Crippen LogP contribution is -2.53. The summed E-state index contributed by atoms with van der Waals surface area (Å²) < 4.78 is 5.54. The first-order valence-electron chi connectivity index (χ1n) is 9.93. The van der Waals surface area contributed by atoms with Crippen LogP contribution >= 0.6 is 0 Å². The molecule has 0 aliphatic carbocycles. The second-order valence-electron chi connectivity index (χ2n) is 7.45. The number of H-pyrrole nitrogens is 1. The average molecular weight is 372 g/mol. The van der Waals surface area contributed by atoms with Gasteiger partial charge in [0.2, 0.25) is 0 Å². The Labute approximate surface area is 162 Å². The number of aliphatic imine (C=N–C) groups is 1. The van der Waals surface area contributed by atoms with Crippen LogP contribution in [0.5, 0.6) is 0 Å². The summed E-state index contributed by atoms with van der Waals surface area (Å²) in [7, 11) is 1.83. The van der Waals surface area contributed by atoms with Crippen molar-refractivity contribution in [3.63, 3.8) is 0 Å². The third-order valence-electron chi connectivity index (χ3n) is 5.46. The lowest BCUT2D eigenvalue weighted by Gasteiger charge is -2.38. The van der Waals surface area contributed by atoms with Crippen molar-refractivity contribution in [2.24, 2.45) is 4.99 Å². The molecule has 2 unspecified atom stereocenters. The van der Waals surface area contributed by atoms with Crippen molar-refractivity contribution < 1.29 is 4.74 Å². The van der Waals surface area contributed by atoms with Gasteiger partial charge in [0.15, 0.2) is 5.96 Å². The van der Waals surface area contributed by atoms with E-state index in [9.17, 15) is 0 Å². The maximum atomic E-state index is 5.54. The molecule has 2 aromatic rings. The first kappa shape index (κ1) is 19.7. The molecule has 0 amide bonds. The van der Waals surface area contributed by atoms with Gasteiger partial charge in [0.1, 0.15) is 0 Å². The van der Waals surface area contributed by atoms with Crippen molar-refractivity contribution in [1.82, 2.24) is 20.5 Å². The number of aromatic amines is 1. The summed E-state index contributed by atoms with van der Waals surface area (Å²) in [5.41, 5.74) is 3.88. The van der Waals surface area contributed by atoms with Crippen LogP contribution in [0.4, 0.5) is 0 Å². The van der Waals surface area contributed by atoms with E-state index in [1.54, 1.807) is 0 Å². The molecular formula is C21H33N5O. The molecule has 3 N–H and O–H groups in total. The molecule has 0 spiro atoms. The Kier molecular flexibility index (Phi) is 6.74. The molecular weight excluding hydrogens is 338 g/mol. The van der Waals surface area contributed by atoms with Gasteiger partial charge in [0, 0.05) is 55.9 Å². The molecule has 1 aliphatic heterocycles. The van der Waals surface area contributed by atoms with Crippen molar-refractivity contribution in [2.75, 3.05) is 39.9 Å². The minimum absolute atomic E-state index is 0.443. The van der Waals surface area contributed by atoms with E-state index < -0.39 is 0 Å². The average Bonchev–Trinajstić information content (AvgIpc) is 3.09. The van der Waals surface area contributed by atoms with Gasteiger partial charge in [-0.15, -0.1) is 0 Å². The molecule has 2 atom stereocenters. The Morgan fingerprint density at radius 1 is 1.41 bits per heavy atom. The Morgan fingerprint density at radius 3 is 3.04 bits per heavy atom. The molecule has 27 heavy (non-hydrogen) atoms. The maximum Gasteiger partial charge on any atom is 0.191 e. The van der Waals surface area contributed by atoms with E-state index in [-0.39, 0.29) is 0 Å². The fourth-order valence-electron chi connectivity index (χ4n) is 3.94. The summed E-state index contributed by atoms with van der Waals surface area (Å²) in [5.74, 6) is 0.860.